The fraction of sp³-hybridized carbons (Fsp3) is 1.00. The van der Waals surface area contributed by atoms with E-state index in [1.807, 2.05) is 0 Å². The molecule has 0 aromatic carbocycles. The molecule has 80 valence electrons. The first kappa shape index (κ1) is 13.0. The Morgan fingerprint density at radius 1 is 1.00 bits per heavy atom. The van der Waals surface area contributed by atoms with Crippen LogP contribution in [0.1, 0.15) is 61.3 Å². The van der Waals surface area contributed by atoms with Crippen molar-refractivity contribution in [2.45, 2.75) is 61.3 Å². The van der Waals surface area contributed by atoms with Gasteiger partial charge in [0.05, 0.1) is 0 Å². The topological polar surface area (TPSA) is 0 Å². The van der Waals surface area contributed by atoms with Crippen LogP contribution < -0.4 is 0 Å². The van der Waals surface area contributed by atoms with Gasteiger partial charge in [0.15, 0.2) is 0 Å². The Balaban J connectivity index is 4.24. The van der Waals surface area contributed by atoms with E-state index in [1.54, 1.807) is 0 Å². The summed E-state index contributed by atoms with van der Waals surface area (Å²) < 4.78 is 0. The average Bonchev–Trinajstić information content (AvgIpc) is 1.82. The molecule has 0 radical (unpaired) electrons. The summed E-state index contributed by atoms with van der Waals surface area (Å²) in [6.45, 7) is 16.5. The van der Waals surface area contributed by atoms with Gasteiger partial charge in [-0.25, -0.2) is 0 Å². The van der Waals surface area contributed by atoms with Crippen molar-refractivity contribution in [3.05, 3.63) is 0 Å². The van der Waals surface area contributed by atoms with Crippen molar-refractivity contribution >= 4 is 0 Å². The minimum atomic E-state index is 0.475. The molecule has 0 rings (SSSR count). The summed E-state index contributed by atoms with van der Waals surface area (Å²) in [5.74, 6) is 2.58. The number of hydrogen-bond donors (Lipinski definition) is 0. The zero-order valence-corrected chi connectivity index (χ0v) is 10.6. The highest BCUT2D eigenvalue weighted by molar-refractivity contribution is 4.77. The predicted octanol–water partition coefficient (Wildman–Crippen LogP) is 4.74. The molecule has 0 fully saturated rings. The molecule has 0 N–H and O–H groups in total. The van der Waals surface area contributed by atoms with Crippen LogP contribution in [0.15, 0.2) is 0 Å². The smallest absolute Gasteiger partial charge is 0.0342 e. The lowest BCUT2D eigenvalue weighted by atomic mass is 9.70. The van der Waals surface area contributed by atoms with Crippen molar-refractivity contribution < 1.29 is 0 Å². The van der Waals surface area contributed by atoms with Crippen LogP contribution in [-0.2, 0) is 0 Å². The Bertz CT molecular complexity index is 127. The molecule has 0 aromatic rings. The summed E-state index contributed by atoms with van der Waals surface area (Å²) in [5.41, 5.74) is 0.475. The molecule has 0 aliphatic heterocycles. The lowest BCUT2D eigenvalue weighted by molar-refractivity contribution is 0.145. The zero-order chi connectivity index (χ0) is 10.6. The fourth-order valence-electron chi connectivity index (χ4n) is 2.78. The van der Waals surface area contributed by atoms with Crippen molar-refractivity contribution in [1.82, 2.24) is 0 Å². The molecule has 0 nitrogen and oxygen atoms in total. The summed E-state index contributed by atoms with van der Waals surface area (Å²) in [7, 11) is 0. The van der Waals surface area contributed by atoms with Crippen LogP contribution in [0.2, 0.25) is 0 Å². The molecule has 0 saturated heterocycles. The second-order valence-electron chi connectivity index (χ2n) is 5.99. The number of hydrogen-bond acceptors (Lipinski definition) is 0. The van der Waals surface area contributed by atoms with E-state index in [4.69, 9.17) is 0 Å². The Morgan fingerprint density at radius 3 is 1.69 bits per heavy atom. The van der Waals surface area contributed by atoms with Crippen LogP contribution in [0.5, 0.6) is 0 Å². The van der Waals surface area contributed by atoms with Crippen LogP contribution in [0.4, 0.5) is 0 Å². The van der Waals surface area contributed by atoms with E-state index in [2.05, 4.69) is 48.5 Å². The van der Waals surface area contributed by atoms with Crippen LogP contribution >= 0.6 is 0 Å². The molecule has 13 heavy (non-hydrogen) atoms. The first-order valence-electron chi connectivity index (χ1n) is 5.79. The van der Waals surface area contributed by atoms with E-state index in [9.17, 15) is 0 Å². The molecular weight excluding hydrogens is 156 g/mol. The lowest BCUT2D eigenvalue weighted by Gasteiger charge is -2.35. The van der Waals surface area contributed by atoms with Crippen LogP contribution in [-0.4, -0.2) is 0 Å². The molecule has 0 heterocycles. The summed E-state index contributed by atoms with van der Waals surface area (Å²) in [4.78, 5) is 0. The highest BCUT2D eigenvalue weighted by Crippen LogP contribution is 2.37. The van der Waals surface area contributed by atoms with Gasteiger partial charge in [-0.05, 0) is 29.6 Å². The van der Waals surface area contributed by atoms with Gasteiger partial charge >= 0.3 is 0 Å². The van der Waals surface area contributed by atoms with Gasteiger partial charge in [0, 0.05) is 0 Å². The van der Waals surface area contributed by atoms with E-state index in [0.717, 1.165) is 17.8 Å². The highest BCUT2D eigenvalue weighted by Gasteiger charge is 2.28. The van der Waals surface area contributed by atoms with Crippen molar-refractivity contribution in [2.24, 2.45) is 23.2 Å². The Labute approximate surface area is 85.1 Å². The van der Waals surface area contributed by atoms with Crippen molar-refractivity contribution in [1.29, 1.82) is 0 Å². The third kappa shape index (κ3) is 4.69. The molecule has 0 heteroatoms. The van der Waals surface area contributed by atoms with Crippen molar-refractivity contribution in [2.75, 3.05) is 0 Å². The summed E-state index contributed by atoms with van der Waals surface area (Å²) in [6, 6.07) is 0. The molecule has 0 aromatic heterocycles. The molecule has 0 aliphatic rings. The minimum Gasteiger partial charge on any atom is -0.0651 e. The zero-order valence-electron chi connectivity index (χ0n) is 10.6. The van der Waals surface area contributed by atoms with E-state index in [0.29, 0.717) is 5.41 Å². The second kappa shape index (κ2) is 5.02. The third-order valence-electron chi connectivity index (χ3n) is 3.08. The maximum Gasteiger partial charge on any atom is -0.0342 e. The Morgan fingerprint density at radius 2 is 1.46 bits per heavy atom. The van der Waals surface area contributed by atoms with Crippen LogP contribution in [0.3, 0.4) is 0 Å². The van der Waals surface area contributed by atoms with Crippen LogP contribution in [0, 0.1) is 23.2 Å². The summed E-state index contributed by atoms with van der Waals surface area (Å²) >= 11 is 0. The molecule has 0 spiro atoms. The van der Waals surface area contributed by atoms with Gasteiger partial charge in [-0.3, -0.25) is 0 Å². The molecule has 0 amide bonds. The largest absolute Gasteiger partial charge is 0.0651 e. The van der Waals surface area contributed by atoms with Gasteiger partial charge in [0.2, 0.25) is 0 Å². The van der Waals surface area contributed by atoms with Gasteiger partial charge in [0.1, 0.15) is 0 Å². The second-order valence-corrected chi connectivity index (χ2v) is 5.99. The van der Waals surface area contributed by atoms with E-state index < -0.39 is 0 Å². The van der Waals surface area contributed by atoms with Gasteiger partial charge < -0.3 is 0 Å². The maximum atomic E-state index is 2.42. The monoisotopic (exact) mass is 184 g/mol. The maximum absolute atomic E-state index is 2.42. The third-order valence-corrected chi connectivity index (χ3v) is 3.08. The normalized spacial score (nSPS) is 17.5. The quantitative estimate of drug-likeness (QED) is 0.592. The van der Waals surface area contributed by atoms with E-state index >= 15 is 0 Å². The molecular formula is C13H28. The van der Waals surface area contributed by atoms with E-state index in [-0.39, 0.29) is 0 Å². The van der Waals surface area contributed by atoms with Gasteiger partial charge in [0.25, 0.3) is 0 Å². The molecule has 0 bridgehead atoms. The number of rotatable bonds is 4. The molecule has 0 saturated carbocycles. The first-order chi connectivity index (χ1) is 5.79. The first-order valence-corrected chi connectivity index (χ1v) is 5.79. The summed E-state index contributed by atoms with van der Waals surface area (Å²) in [6.07, 6.45) is 2.69. The molecule has 2 atom stereocenters. The SMILES string of the molecule is CCC(C(C)CC(C)C)C(C)(C)C. The molecule has 0 aliphatic carbocycles. The van der Waals surface area contributed by atoms with Crippen molar-refractivity contribution in [3.8, 4) is 0 Å². The van der Waals surface area contributed by atoms with Gasteiger partial charge in [-0.2, -0.15) is 0 Å². The standard InChI is InChI=1S/C13H28/c1-8-12(13(5,6)7)11(4)9-10(2)3/h10-12H,8-9H2,1-7H3. The van der Waals surface area contributed by atoms with Crippen molar-refractivity contribution in [3.63, 3.8) is 0 Å². The summed E-state index contributed by atoms with van der Waals surface area (Å²) in [5, 5.41) is 0. The minimum absolute atomic E-state index is 0.475. The highest BCUT2D eigenvalue weighted by atomic mass is 14.3. The average molecular weight is 184 g/mol. The van der Waals surface area contributed by atoms with Gasteiger partial charge in [-0.15, -0.1) is 0 Å². The predicted molar refractivity (Wildman–Crippen MR) is 61.9 cm³/mol. The Kier molecular flexibility index (Phi) is 5.02. The Hall–Kier alpha value is 0. The lowest BCUT2D eigenvalue weighted by Crippen LogP contribution is -2.27. The van der Waals surface area contributed by atoms with Gasteiger partial charge in [-0.1, -0.05) is 54.9 Å². The van der Waals surface area contributed by atoms with Crippen LogP contribution in [0.25, 0.3) is 0 Å². The fourth-order valence-corrected chi connectivity index (χ4v) is 2.78. The molecule has 2 unspecified atom stereocenters. The van der Waals surface area contributed by atoms with E-state index in [1.165, 1.54) is 12.8 Å².